The minimum Gasteiger partial charge on any atom is -0.313 e. The molecule has 0 aromatic carbocycles. The van der Waals surface area contributed by atoms with E-state index >= 15 is 0 Å². The molecule has 0 saturated carbocycles. The van der Waals surface area contributed by atoms with Crippen LogP contribution in [-0.4, -0.2) is 36.1 Å². The maximum absolute atomic E-state index is 3.58. The summed E-state index contributed by atoms with van der Waals surface area (Å²) in [6.45, 7) is 8.58. The summed E-state index contributed by atoms with van der Waals surface area (Å²) in [5, 5.41) is 3.58. The van der Waals surface area contributed by atoms with Crippen LogP contribution >= 0.6 is 0 Å². The van der Waals surface area contributed by atoms with E-state index in [1.165, 1.54) is 45.3 Å². The maximum atomic E-state index is 3.58. The smallest absolute Gasteiger partial charge is 0.0195 e. The molecule has 0 bridgehead atoms. The normalized spacial score (nSPS) is 34.2. The Morgan fingerprint density at radius 3 is 2.77 bits per heavy atom. The monoisotopic (exact) mass is 182 g/mol. The molecule has 2 nitrogen and oxygen atoms in total. The number of hydrogen-bond donors (Lipinski definition) is 1. The van der Waals surface area contributed by atoms with Crippen LogP contribution in [0.1, 0.15) is 39.5 Å². The van der Waals surface area contributed by atoms with Gasteiger partial charge in [-0.15, -0.1) is 0 Å². The van der Waals surface area contributed by atoms with Gasteiger partial charge in [0.25, 0.3) is 0 Å². The minimum atomic E-state index is 0.463. The van der Waals surface area contributed by atoms with Crippen LogP contribution in [0.2, 0.25) is 0 Å². The quantitative estimate of drug-likeness (QED) is 0.698. The predicted molar refractivity (Wildman–Crippen MR) is 55.9 cm³/mol. The van der Waals surface area contributed by atoms with Gasteiger partial charge in [-0.3, -0.25) is 4.90 Å². The summed E-state index contributed by atoms with van der Waals surface area (Å²) in [7, 11) is 0. The summed E-state index contributed by atoms with van der Waals surface area (Å²) in [6, 6.07) is 0.775. The van der Waals surface area contributed by atoms with Gasteiger partial charge in [0.15, 0.2) is 0 Å². The van der Waals surface area contributed by atoms with Crippen LogP contribution in [0.25, 0.3) is 0 Å². The van der Waals surface area contributed by atoms with Gasteiger partial charge in [0.05, 0.1) is 0 Å². The van der Waals surface area contributed by atoms with Gasteiger partial charge < -0.3 is 5.32 Å². The average molecular weight is 182 g/mol. The lowest BCUT2D eigenvalue weighted by Gasteiger charge is -2.33. The summed E-state index contributed by atoms with van der Waals surface area (Å²) >= 11 is 0. The van der Waals surface area contributed by atoms with Gasteiger partial charge >= 0.3 is 0 Å². The molecule has 2 aliphatic heterocycles. The summed E-state index contributed by atoms with van der Waals surface area (Å²) in [6.07, 6.45) is 5.52. The van der Waals surface area contributed by atoms with E-state index in [0.29, 0.717) is 5.54 Å². The molecule has 0 spiro atoms. The van der Waals surface area contributed by atoms with E-state index < -0.39 is 0 Å². The third-order valence-electron chi connectivity index (χ3n) is 3.68. The minimum absolute atomic E-state index is 0.463. The zero-order chi connectivity index (χ0) is 9.31. The molecule has 2 fully saturated rings. The topological polar surface area (TPSA) is 15.3 Å². The fraction of sp³-hybridized carbons (Fsp3) is 1.00. The van der Waals surface area contributed by atoms with E-state index in [1.807, 2.05) is 0 Å². The Balaban J connectivity index is 1.86. The summed E-state index contributed by atoms with van der Waals surface area (Å²) in [4.78, 5) is 2.66. The van der Waals surface area contributed by atoms with Crippen LogP contribution in [0.4, 0.5) is 0 Å². The van der Waals surface area contributed by atoms with Crippen molar-refractivity contribution in [2.45, 2.75) is 51.1 Å². The van der Waals surface area contributed by atoms with Crippen LogP contribution in [0.5, 0.6) is 0 Å². The lowest BCUT2D eigenvalue weighted by molar-refractivity contribution is 0.160. The molecule has 2 heteroatoms. The second kappa shape index (κ2) is 3.58. The zero-order valence-corrected chi connectivity index (χ0v) is 8.97. The van der Waals surface area contributed by atoms with Gasteiger partial charge in [-0.05, 0) is 52.6 Å². The molecule has 2 rings (SSSR count). The molecule has 1 N–H and O–H groups in total. The molecule has 2 heterocycles. The molecule has 1 atom stereocenters. The Bertz CT molecular complexity index is 171. The highest BCUT2D eigenvalue weighted by molar-refractivity contribution is 4.91. The first-order valence-corrected chi connectivity index (χ1v) is 5.67. The standard InChI is InChI=1S/C11H22N2/c1-11(2)6-4-8-13(11)9-10-5-3-7-12-10/h10,12H,3-9H2,1-2H3/t10-/m0/s1. The highest BCUT2D eigenvalue weighted by Gasteiger charge is 2.33. The summed E-state index contributed by atoms with van der Waals surface area (Å²) in [5.74, 6) is 0. The molecular weight excluding hydrogens is 160 g/mol. The predicted octanol–water partition coefficient (Wildman–Crippen LogP) is 1.61. The Hall–Kier alpha value is -0.0800. The Morgan fingerprint density at radius 2 is 2.23 bits per heavy atom. The van der Waals surface area contributed by atoms with Crippen molar-refractivity contribution >= 4 is 0 Å². The van der Waals surface area contributed by atoms with Gasteiger partial charge in [-0.1, -0.05) is 0 Å². The largest absolute Gasteiger partial charge is 0.313 e. The van der Waals surface area contributed by atoms with E-state index in [1.54, 1.807) is 0 Å². The van der Waals surface area contributed by atoms with Crippen molar-refractivity contribution in [2.24, 2.45) is 0 Å². The number of likely N-dealkylation sites (tertiary alicyclic amines) is 1. The van der Waals surface area contributed by atoms with Gasteiger partial charge in [0.2, 0.25) is 0 Å². The van der Waals surface area contributed by atoms with Crippen LogP contribution in [-0.2, 0) is 0 Å². The molecule has 0 aromatic rings. The highest BCUT2D eigenvalue weighted by Crippen LogP contribution is 2.28. The van der Waals surface area contributed by atoms with Crippen molar-refractivity contribution in [1.82, 2.24) is 10.2 Å². The lowest BCUT2D eigenvalue weighted by atomic mass is 10.0. The zero-order valence-electron chi connectivity index (χ0n) is 8.97. The van der Waals surface area contributed by atoms with Crippen LogP contribution in [0.15, 0.2) is 0 Å². The molecule has 0 amide bonds. The van der Waals surface area contributed by atoms with Crippen LogP contribution < -0.4 is 5.32 Å². The van der Waals surface area contributed by atoms with E-state index in [-0.39, 0.29) is 0 Å². The molecular formula is C11H22N2. The number of nitrogens with zero attached hydrogens (tertiary/aromatic N) is 1. The van der Waals surface area contributed by atoms with Gasteiger partial charge in [-0.25, -0.2) is 0 Å². The van der Waals surface area contributed by atoms with Crippen molar-refractivity contribution in [3.8, 4) is 0 Å². The fourth-order valence-electron chi connectivity index (χ4n) is 2.68. The number of rotatable bonds is 2. The third-order valence-corrected chi connectivity index (χ3v) is 3.68. The number of nitrogens with one attached hydrogen (secondary N) is 1. The Kier molecular flexibility index (Phi) is 2.61. The molecule has 0 radical (unpaired) electrons. The lowest BCUT2D eigenvalue weighted by Crippen LogP contribution is -2.45. The van der Waals surface area contributed by atoms with Gasteiger partial charge in [0, 0.05) is 18.1 Å². The first-order valence-electron chi connectivity index (χ1n) is 5.67. The van der Waals surface area contributed by atoms with Crippen molar-refractivity contribution in [1.29, 1.82) is 0 Å². The molecule has 2 aliphatic rings. The molecule has 2 saturated heterocycles. The molecule has 13 heavy (non-hydrogen) atoms. The molecule has 76 valence electrons. The van der Waals surface area contributed by atoms with E-state index in [0.717, 1.165) is 6.04 Å². The van der Waals surface area contributed by atoms with Crippen molar-refractivity contribution in [3.63, 3.8) is 0 Å². The SMILES string of the molecule is CC1(C)CCCN1C[C@@H]1CCCN1. The molecule has 0 aliphatic carbocycles. The highest BCUT2D eigenvalue weighted by atomic mass is 15.2. The second-order valence-electron chi connectivity index (χ2n) is 5.16. The van der Waals surface area contributed by atoms with Gasteiger partial charge in [-0.2, -0.15) is 0 Å². The summed E-state index contributed by atoms with van der Waals surface area (Å²) in [5.41, 5.74) is 0.463. The second-order valence-corrected chi connectivity index (χ2v) is 5.16. The van der Waals surface area contributed by atoms with Gasteiger partial charge in [0.1, 0.15) is 0 Å². The summed E-state index contributed by atoms with van der Waals surface area (Å²) < 4.78 is 0. The Labute approximate surface area is 81.7 Å². The van der Waals surface area contributed by atoms with Crippen molar-refractivity contribution in [3.05, 3.63) is 0 Å². The molecule has 0 unspecified atom stereocenters. The maximum Gasteiger partial charge on any atom is 0.0195 e. The van der Waals surface area contributed by atoms with Crippen LogP contribution in [0.3, 0.4) is 0 Å². The van der Waals surface area contributed by atoms with Crippen molar-refractivity contribution in [2.75, 3.05) is 19.6 Å². The first kappa shape index (κ1) is 9.47. The van der Waals surface area contributed by atoms with E-state index in [9.17, 15) is 0 Å². The van der Waals surface area contributed by atoms with Crippen LogP contribution in [0, 0.1) is 0 Å². The molecule has 0 aromatic heterocycles. The number of hydrogen-bond acceptors (Lipinski definition) is 2. The van der Waals surface area contributed by atoms with E-state index in [2.05, 4.69) is 24.1 Å². The Morgan fingerprint density at radius 1 is 1.38 bits per heavy atom. The first-order chi connectivity index (χ1) is 6.18. The van der Waals surface area contributed by atoms with E-state index in [4.69, 9.17) is 0 Å². The third kappa shape index (κ3) is 2.05. The van der Waals surface area contributed by atoms with Crippen molar-refractivity contribution < 1.29 is 0 Å². The fourth-order valence-corrected chi connectivity index (χ4v) is 2.68. The average Bonchev–Trinajstić information content (AvgIpc) is 2.63.